The highest BCUT2D eigenvalue weighted by Crippen LogP contribution is 2.34. The number of halogens is 3. The van der Waals surface area contributed by atoms with E-state index in [4.69, 9.17) is 16.3 Å². The first-order valence-corrected chi connectivity index (χ1v) is 10.6. The molecule has 29 heavy (non-hydrogen) atoms. The zero-order valence-electron chi connectivity index (χ0n) is 15.3. The van der Waals surface area contributed by atoms with Crippen molar-refractivity contribution in [2.45, 2.75) is 13.5 Å². The van der Waals surface area contributed by atoms with Gasteiger partial charge in [-0.15, -0.1) is 0 Å². The zero-order valence-corrected chi connectivity index (χ0v) is 19.3. The lowest BCUT2D eigenvalue weighted by Crippen LogP contribution is -2.24. The minimum Gasteiger partial charge on any atom is -0.421 e. The van der Waals surface area contributed by atoms with Crippen LogP contribution in [0, 0.1) is 6.92 Å². The molecule has 3 aromatic rings. The number of carbonyl (C=O) groups excluding carboxylic acids is 2. The lowest BCUT2D eigenvalue weighted by molar-refractivity contribution is 0.0731. The number of hydrogen-bond donors (Lipinski definition) is 1. The lowest BCUT2D eigenvalue weighted by Gasteiger charge is -2.15. The molecule has 4 nitrogen and oxygen atoms in total. The summed E-state index contributed by atoms with van der Waals surface area (Å²) in [6, 6.07) is 17.6. The van der Waals surface area contributed by atoms with Crippen LogP contribution < -0.4 is 10.1 Å². The van der Waals surface area contributed by atoms with Gasteiger partial charge in [0.05, 0.1) is 20.6 Å². The van der Waals surface area contributed by atoms with Crippen molar-refractivity contribution in [1.82, 2.24) is 5.32 Å². The van der Waals surface area contributed by atoms with Gasteiger partial charge < -0.3 is 10.1 Å². The van der Waals surface area contributed by atoms with Crippen LogP contribution in [-0.4, -0.2) is 11.9 Å². The van der Waals surface area contributed by atoms with Crippen LogP contribution in [0.5, 0.6) is 5.75 Å². The minimum atomic E-state index is -0.468. The summed E-state index contributed by atoms with van der Waals surface area (Å²) < 4.78 is 7.05. The molecule has 7 heteroatoms. The summed E-state index contributed by atoms with van der Waals surface area (Å²) >= 11 is 13.0. The first-order valence-electron chi connectivity index (χ1n) is 8.65. The summed E-state index contributed by atoms with van der Waals surface area (Å²) in [5.41, 5.74) is 2.31. The molecule has 0 spiro atoms. The van der Waals surface area contributed by atoms with E-state index in [-0.39, 0.29) is 12.5 Å². The van der Waals surface area contributed by atoms with Gasteiger partial charge in [-0.05, 0) is 58.7 Å². The first-order chi connectivity index (χ1) is 13.9. The molecule has 3 rings (SSSR count). The fourth-order valence-corrected chi connectivity index (χ4v) is 4.34. The maximum Gasteiger partial charge on any atom is 0.343 e. The number of esters is 1. The van der Waals surface area contributed by atoms with E-state index in [9.17, 15) is 9.59 Å². The van der Waals surface area contributed by atoms with E-state index in [2.05, 4.69) is 37.2 Å². The Bertz CT molecular complexity index is 1090. The molecule has 148 valence electrons. The molecule has 0 heterocycles. The van der Waals surface area contributed by atoms with Crippen molar-refractivity contribution < 1.29 is 14.3 Å². The van der Waals surface area contributed by atoms with Crippen LogP contribution in [0.1, 0.15) is 31.8 Å². The summed E-state index contributed by atoms with van der Waals surface area (Å²) in [4.78, 5) is 25.2. The predicted molar refractivity (Wildman–Crippen MR) is 121 cm³/mol. The van der Waals surface area contributed by atoms with Crippen molar-refractivity contribution in [1.29, 1.82) is 0 Å². The van der Waals surface area contributed by atoms with Crippen LogP contribution in [0.25, 0.3) is 0 Å². The van der Waals surface area contributed by atoms with Crippen molar-refractivity contribution >= 4 is 55.3 Å². The van der Waals surface area contributed by atoms with E-state index in [0.717, 1.165) is 10.0 Å². The van der Waals surface area contributed by atoms with E-state index in [1.807, 2.05) is 19.1 Å². The van der Waals surface area contributed by atoms with Crippen molar-refractivity contribution in [3.8, 4) is 5.75 Å². The van der Waals surface area contributed by atoms with Crippen LogP contribution >= 0.6 is 43.5 Å². The molecular weight excluding hydrogens is 522 g/mol. The van der Waals surface area contributed by atoms with E-state index in [0.29, 0.717) is 31.9 Å². The molecule has 3 aromatic carbocycles. The Morgan fingerprint density at radius 1 is 1.00 bits per heavy atom. The Kier molecular flexibility index (Phi) is 7.11. The molecule has 0 atom stereocenters. The van der Waals surface area contributed by atoms with Crippen molar-refractivity contribution in [3.05, 3.63) is 96.9 Å². The zero-order chi connectivity index (χ0) is 21.0. The summed E-state index contributed by atoms with van der Waals surface area (Å²) in [5, 5.41) is 3.19. The van der Waals surface area contributed by atoms with Gasteiger partial charge in [0, 0.05) is 16.6 Å². The molecule has 0 aliphatic heterocycles. The average Bonchev–Trinajstić information content (AvgIpc) is 2.69. The first kappa shape index (κ1) is 21.6. The molecule has 1 amide bonds. The third-order valence-corrected chi connectivity index (χ3v) is 5.58. The number of aryl methyl sites for hydroxylation is 1. The number of amides is 1. The SMILES string of the molecule is Cc1ccccc1C(=O)Oc1c(Br)cc(Br)cc1CNC(=O)c1ccccc1Cl. The predicted octanol–water partition coefficient (Wildman–Crippen LogP) is 6.32. The third kappa shape index (κ3) is 5.26. The van der Waals surface area contributed by atoms with Gasteiger partial charge in [-0.2, -0.15) is 0 Å². The lowest BCUT2D eigenvalue weighted by atomic mass is 10.1. The van der Waals surface area contributed by atoms with Gasteiger partial charge in [0.2, 0.25) is 0 Å². The maximum absolute atomic E-state index is 12.7. The monoisotopic (exact) mass is 535 g/mol. The van der Waals surface area contributed by atoms with Gasteiger partial charge in [0.25, 0.3) is 5.91 Å². The van der Waals surface area contributed by atoms with Gasteiger partial charge in [-0.1, -0.05) is 57.9 Å². The highest BCUT2D eigenvalue weighted by molar-refractivity contribution is 9.11. The highest BCUT2D eigenvalue weighted by Gasteiger charge is 2.18. The Morgan fingerprint density at radius 3 is 2.34 bits per heavy atom. The third-order valence-electron chi connectivity index (χ3n) is 4.20. The molecular formula is C22H16Br2ClNO3. The standard InChI is InChI=1S/C22H16Br2ClNO3/c1-13-6-2-3-7-16(13)22(28)29-20-14(10-15(23)11-18(20)24)12-26-21(27)17-8-4-5-9-19(17)25/h2-11H,12H2,1H3,(H,26,27). The van der Waals surface area contributed by atoms with Gasteiger partial charge in [-0.3, -0.25) is 4.79 Å². The molecule has 0 saturated heterocycles. The number of carbonyl (C=O) groups is 2. The molecule has 1 N–H and O–H groups in total. The second-order valence-corrected chi connectivity index (χ2v) is 8.42. The Morgan fingerprint density at radius 2 is 1.66 bits per heavy atom. The summed E-state index contributed by atoms with van der Waals surface area (Å²) in [6.45, 7) is 2.00. The van der Waals surface area contributed by atoms with Gasteiger partial charge >= 0.3 is 5.97 Å². The highest BCUT2D eigenvalue weighted by atomic mass is 79.9. The van der Waals surface area contributed by atoms with Crippen LogP contribution in [0.3, 0.4) is 0 Å². The van der Waals surface area contributed by atoms with Crippen LogP contribution in [-0.2, 0) is 6.54 Å². The summed E-state index contributed by atoms with van der Waals surface area (Å²) in [7, 11) is 0. The molecule has 0 saturated carbocycles. The van der Waals surface area contributed by atoms with Crippen LogP contribution in [0.2, 0.25) is 5.02 Å². The second-order valence-electron chi connectivity index (χ2n) is 6.24. The van der Waals surface area contributed by atoms with Crippen molar-refractivity contribution in [2.24, 2.45) is 0 Å². The largest absolute Gasteiger partial charge is 0.421 e. The van der Waals surface area contributed by atoms with Gasteiger partial charge in [0.15, 0.2) is 0 Å². The summed E-state index contributed by atoms with van der Waals surface area (Å²) in [6.07, 6.45) is 0. The minimum absolute atomic E-state index is 0.151. The van der Waals surface area contributed by atoms with Crippen LogP contribution in [0.4, 0.5) is 0 Å². The van der Waals surface area contributed by atoms with Gasteiger partial charge in [0.1, 0.15) is 5.75 Å². The Labute approximate surface area is 190 Å². The fourth-order valence-electron chi connectivity index (χ4n) is 2.72. The number of rotatable bonds is 5. The van der Waals surface area contributed by atoms with E-state index in [1.165, 1.54) is 0 Å². The molecule has 0 unspecified atom stereocenters. The summed E-state index contributed by atoms with van der Waals surface area (Å²) in [5.74, 6) is -0.436. The maximum atomic E-state index is 12.7. The van der Waals surface area contributed by atoms with E-state index in [1.54, 1.807) is 48.5 Å². The quantitative estimate of drug-likeness (QED) is 0.306. The smallest absolute Gasteiger partial charge is 0.343 e. The number of hydrogen-bond acceptors (Lipinski definition) is 3. The molecule has 0 fully saturated rings. The van der Waals surface area contributed by atoms with Gasteiger partial charge in [-0.25, -0.2) is 4.79 Å². The molecule has 0 aromatic heterocycles. The van der Waals surface area contributed by atoms with Crippen molar-refractivity contribution in [3.63, 3.8) is 0 Å². The molecule has 0 radical (unpaired) electrons. The Hall–Kier alpha value is -2.15. The van der Waals surface area contributed by atoms with Crippen molar-refractivity contribution in [2.75, 3.05) is 0 Å². The number of nitrogens with one attached hydrogen (secondary N) is 1. The Balaban J connectivity index is 1.84. The number of ether oxygens (including phenoxy) is 1. The normalized spacial score (nSPS) is 10.5. The molecule has 0 aliphatic carbocycles. The fraction of sp³-hybridized carbons (Fsp3) is 0.0909. The second kappa shape index (κ2) is 9.57. The number of benzene rings is 3. The topological polar surface area (TPSA) is 55.4 Å². The molecule has 0 bridgehead atoms. The molecule has 0 aliphatic rings. The average molecular weight is 538 g/mol. The van der Waals surface area contributed by atoms with E-state index < -0.39 is 5.97 Å². The van der Waals surface area contributed by atoms with Crippen LogP contribution in [0.15, 0.2) is 69.6 Å². The van der Waals surface area contributed by atoms with E-state index >= 15 is 0 Å².